The van der Waals surface area contributed by atoms with Gasteiger partial charge in [0.2, 0.25) is 0 Å². The van der Waals surface area contributed by atoms with Crippen LogP contribution in [0.1, 0.15) is 106 Å². The Balaban J connectivity index is 4.20. The van der Waals surface area contributed by atoms with Crippen molar-refractivity contribution >= 4 is 0 Å². The summed E-state index contributed by atoms with van der Waals surface area (Å²) in [5.41, 5.74) is 0. The molecule has 0 rings (SSSR count). The van der Waals surface area contributed by atoms with Crippen molar-refractivity contribution in [2.24, 2.45) is 0 Å². The van der Waals surface area contributed by atoms with Crippen LogP contribution in [0.4, 0.5) is 0 Å². The van der Waals surface area contributed by atoms with Gasteiger partial charge in [-0.25, -0.2) is 0 Å². The molecule has 0 N–H and O–H groups in total. The van der Waals surface area contributed by atoms with E-state index in [1.54, 1.807) is 0 Å². The Labute approximate surface area is 204 Å². The van der Waals surface area contributed by atoms with Gasteiger partial charge >= 0.3 is 0 Å². The van der Waals surface area contributed by atoms with Crippen molar-refractivity contribution < 1.29 is 0 Å². The van der Waals surface area contributed by atoms with Crippen LogP contribution in [-0.2, 0) is 0 Å². The molecule has 0 aromatic heterocycles. The van der Waals surface area contributed by atoms with Gasteiger partial charge in [-0.2, -0.15) is 0 Å². The van der Waals surface area contributed by atoms with Gasteiger partial charge in [0.25, 0.3) is 0 Å². The summed E-state index contributed by atoms with van der Waals surface area (Å²) in [6.07, 6.45) is 13.0. The van der Waals surface area contributed by atoms with Crippen LogP contribution >= 0.6 is 0 Å². The molecule has 0 fully saturated rings. The third kappa shape index (κ3) is 18.3. The first kappa shape index (κ1) is 31.8. The molecular formula is C28H62N4. The average Bonchev–Trinajstić information content (AvgIpc) is 2.77. The summed E-state index contributed by atoms with van der Waals surface area (Å²) >= 11 is 0. The molecule has 0 heterocycles. The summed E-state index contributed by atoms with van der Waals surface area (Å²) < 4.78 is 0. The summed E-state index contributed by atoms with van der Waals surface area (Å²) in [6, 6.07) is 0. The zero-order valence-corrected chi connectivity index (χ0v) is 23.3. The molecular weight excluding hydrogens is 392 g/mol. The zero-order valence-electron chi connectivity index (χ0n) is 23.3. The fourth-order valence-corrected chi connectivity index (χ4v) is 4.95. The van der Waals surface area contributed by atoms with E-state index in [0.29, 0.717) is 0 Å². The molecule has 4 heteroatoms. The monoisotopic (exact) mass is 454 g/mol. The van der Waals surface area contributed by atoms with E-state index in [4.69, 9.17) is 0 Å². The summed E-state index contributed by atoms with van der Waals surface area (Å²) in [5.74, 6) is 0. The molecule has 0 bridgehead atoms. The Morgan fingerprint density at radius 1 is 0.250 bits per heavy atom. The van der Waals surface area contributed by atoms with Crippen LogP contribution in [0, 0.1) is 0 Å². The Morgan fingerprint density at radius 2 is 0.438 bits per heavy atom. The fourth-order valence-electron chi connectivity index (χ4n) is 4.95. The molecule has 0 radical (unpaired) electrons. The standard InChI is InChI=1S/C28H62N4/c1-7-17-29(18-8-2)25-15-27-31(21-11-5)23-13-14-24-32(22-12-6)28-16-26-30(19-9-3)20-10-4/h7-28H2,1-6H3. The Morgan fingerprint density at radius 3 is 0.656 bits per heavy atom. The van der Waals surface area contributed by atoms with Gasteiger partial charge in [0.05, 0.1) is 0 Å². The summed E-state index contributed by atoms with van der Waals surface area (Å²) in [7, 11) is 0. The van der Waals surface area contributed by atoms with E-state index in [1.165, 1.54) is 143 Å². The number of rotatable bonds is 25. The van der Waals surface area contributed by atoms with Crippen molar-refractivity contribution in [3.8, 4) is 0 Å². The third-order valence-electron chi connectivity index (χ3n) is 6.34. The number of nitrogens with zero attached hydrogens (tertiary/aromatic N) is 4. The maximum Gasteiger partial charge on any atom is -0.000655 e. The second-order valence-corrected chi connectivity index (χ2v) is 9.78. The molecule has 0 aromatic rings. The van der Waals surface area contributed by atoms with Crippen molar-refractivity contribution in [2.75, 3.05) is 78.5 Å². The Kier molecular flexibility index (Phi) is 23.9. The van der Waals surface area contributed by atoms with Crippen LogP contribution in [0.2, 0.25) is 0 Å². The second-order valence-electron chi connectivity index (χ2n) is 9.78. The average molecular weight is 455 g/mol. The molecule has 0 atom stereocenters. The topological polar surface area (TPSA) is 13.0 Å². The summed E-state index contributed by atoms with van der Waals surface area (Å²) in [6.45, 7) is 29.2. The Hall–Kier alpha value is -0.160. The molecule has 194 valence electrons. The molecule has 0 saturated heterocycles. The smallest absolute Gasteiger partial charge is 0.000655 e. The first-order valence-electron chi connectivity index (χ1n) is 14.5. The van der Waals surface area contributed by atoms with Crippen molar-refractivity contribution in [3.05, 3.63) is 0 Å². The van der Waals surface area contributed by atoms with Crippen LogP contribution in [0.15, 0.2) is 0 Å². The minimum absolute atomic E-state index is 1.27. The highest BCUT2D eigenvalue weighted by atomic mass is 15.2. The number of hydrogen-bond donors (Lipinski definition) is 0. The van der Waals surface area contributed by atoms with Gasteiger partial charge in [-0.15, -0.1) is 0 Å². The molecule has 0 saturated carbocycles. The van der Waals surface area contributed by atoms with Crippen molar-refractivity contribution in [2.45, 2.75) is 106 Å². The lowest BCUT2D eigenvalue weighted by atomic mass is 10.2. The lowest BCUT2D eigenvalue weighted by Crippen LogP contribution is -2.33. The van der Waals surface area contributed by atoms with E-state index in [9.17, 15) is 0 Å². The molecule has 0 amide bonds. The van der Waals surface area contributed by atoms with Gasteiger partial charge in [-0.3, -0.25) is 0 Å². The first-order chi connectivity index (χ1) is 15.6. The van der Waals surface area contributed by atoms with E-state index in [0.717, 1.165) is 0 Å². The lowest BCUT2D eigenvalue weighted by Gasteiger charge is -2.27. The maximum atomic E-state index is 2.73. The SMILES string of the molecule is CCCN(CCC)CCCN(CCC)CCCCN(CCC)CCCN(CCC)CCC. The van der Waals surface area contributed by atoms with Crippen LogP contribution in [0.5, 0.6) is 0 Å². The molecule has 32 heavy (non-hydrogen) atoms. The predicted octanol–water partition coefficient (Wildman–Crippen LogP) is 6.21. The fraction of sp³-hybridized carbons (Fsp3) is 1.00. The van der Waals surface area contributed by atoms with Gasteiger partial charge in [0.1, 0.15) is 0 Å². The molecule has 4 nitrogen and oxygen atoms in total. The molecule has 0 unspecified atom stereocenters. The second kappa shape index (κ2) is 24.0. The highest BCUT2D eigenvalue weighted by Gasteiger charge is 2.09. The van der Waals surface area contributed by atoms with Gasteiger partial charge in [-0.1, -0.05) is 41.5 Å². The summed E-state index contributed by atoms with van der Waals surface area (Å²) in [4.78, 5) is 10.8. The first-order valence-corrected chi connectivity index (χ1v) is 14.5. The van der Waals surface area contributed by atoms with Crippen molar-refractivity contribution in [1.29, 1.82) is 0 Å². The van der Waals surface area contributed by atoms with Gasteiger partial charge in [0, 0.05) is 0 Å². The summed E-state index contributed by atoms with van der Waals surface area (Å²) in [5, 5.41) is 0. The normalized spacial score (nSPS) is 12.2. The quantitative estimate of drug-likeness (QED) is 0.152. The van der Waals surface area contributed by atoms with Crippen LogP contribution in [-0.4, -0.2) is 98.1 Å². The molecule has 0 spiro atoms. The van der Waals surface area contributed by atoms with Crippen molar-refractivity contribution in [3.63, 3.8) is 0 Å². The zero-order chi connectivity index (χ0) is 23.9. The third-order valence-corrected chi connectivity index (χ3v) is 6.34. The largest absolute Gasteiger partial charge is 0.303 e. The minimum atomic E-state index is 1.27. The van der Waals surface area contributed by atoms with E-state index >= 15 is 0 Å². The van der Waals surface area contributed by atoms with E-state index in [-0.39, 0.29) is 0 Å². The van der Waals surface area contributed by atoms with Crippen LogP contribution in [0.25, 0.3) is 0 Å². The van der Waals surface area contributed by atoms with Gasteiger partial charge in [0.15, 0.2) is 0 Å². The minimum Gasteiger partial charge on any atom is -0.303 e. The number of unbranched alkanes of at least 4 members (excludes halogenated alkanes) is 1. The van der Waals surface area contributed by atoms with Gasteiger partial charge in [-0.05, 0) is 143 Å². The maximum absolute atomic E-state index is 2.73. The predicted molar refractivity (Wildman–Crippen MR) is 146 cm³/mol. The highest BCUT2D eigenvalue weighted by Crippen LogP contribution is 2.05. The van der Waals surface area contributed by atoms with E-state index < -0.39 is 0 Å². The molecule has 0 aliphatic heterocycles. The number of hydrogen-bond acceptors (Lipinski definition) is 4. The highest BCUT2D eigenvalue weighted by molar-refractivity contribution is 4.65. The van der Waals surface area contributed by atoms with E-state index in [2.05, 4.69) is 61.1 Å². The van der Waals surface area contributed by atoms with Crippen LogP contribution < -0.4 is 0 Å². The van der Waals surface area contributed by atoms with Crippen LogP contribution in [0.3, 0.4) is 0 Å². The Bertz CT molecular complexity index is 317. The van der Waals surface area contributed by atoms with Gasteiger partial charge < -0.3 is 19.6 Å². The molecule has 0 aliphatic rings. The van der Waals surface area contributed by atoms with Crippen molar-refractivity contribution in [1.82, 2.24) is 19.6 Å². The molecule has 0 aromatic carbocycles. The lowest BCUT2D eigenvalue weighted by molar-refractivity contribution is 0.209. The molecule has 0 aliphatic carbocycles. The van der Waals surface area contributed by atoms with E-state index in [1.807, 2.05) is 0 Å².